The van der Waals surface area contributed by atoms with Gasteiger partial charge in [-0.25, -0.2) is 4.57 Å². The van der Waals surface area contributed by atoms with E-state index < -0.39 is 7.82 Å². The molecule has 0 aromatic heterocycles. The molecule has 0 spiro atoms. The standard InChI is InChI=1S/K.H3O4P.Zr.H/c;1-5(2,3)4;;/h;(H3,1,2,3,4);;/q+1;;;-1. The molecule has 0 saturated heterocycles. The summed E-state index contributed by atoms with van der Waals surface area (Å²) in [7, 11) is -4.64. The van der Waals surface area contributed by atoms with Gasteiger partial charge in [-0.05, 0) is 0 Å². The summed E-state index contributed by atoms with van der Waals surface area (Å²) in [6.45, 7) is 0. The van der Waals surface area contributed by atoms with E-state index in [1.54, 1.807) is 0 Å². The van der Waals surface area contributed by atoms with Crippen LogP contribution in [0, 0.1) is 0 Å². The maximum atomic E-state index is 8.88. The predicted molar refractivity (Wildman–Crippen MR) is 15.4 cm³/mol. The Labute approximate surface area is 104 Å². The summed E-state index contributed by atoms with van der Waals surface area (Å²) in [5.74, 6) is 0. The summed E-state index contributed by atoms with van der Waals surface area (Å²) < 4.78 is 8.88. The summed E-state index contributed by atoms with van der Waals surface area (Å²) in [6.07, 6.45) is 0. The molecule has 0 aliphatic carbocycles. The van der Waals surface area contributed by atoms with Crippen molar-refractivity contribution in [3.63, 3.8) is 0 Å². The van der Waals surface area contributed by atoms with Crippen LogP contribution < -0.4 is 51.4 Å². The molecule has 0 atom stereocenters. The quantitative estimate of drug-likeness (QED) is 0.294. The summed E-state index contributed by atoms with van der Waals surface area (Å²) >= 11 is 0. The van der Waals surface area contributed by atoms with Gasteiger partial charge < -0.3 is 16.1 Å². The first kappa shape index (κ1) is 16.3. The molecule has 7 heteroatoms. The fourth-order valence-corrected chi connectivity index (χ4v) is 0. The van der Waals surface area contributed by atoms with Crippen LogP contribution in [0.5, 0.6) is 0 Å². The van der Waals surface area contributed by atoms with Gasteiger partial charge >= 0.3 is 59.2 Å². The zero-order chi connectivity index (χ0) is 4.50. The number of phosphoric acid groups is 1. The Balaban J connectivity index is -0.0000000267. The van der Waals surface area contributed by atoms with Crippen molar-refractivity contribution in [3.8, 4) is 0 Å². The van der Waals surface area contributed by atoms with Crippen molar-refractivity contribution in [3.05, 3.63) is 0 Å². The third-order valence-corrected chi connectivity index (χ3v) is 0. The second-order valence-electron chi connectivity index (χ2n) is 0.513. The third kappa shape index (κ3) is 54.9. The molecule has 0 saturated carbocycles. The van der Waals surface area contributed by atoms with E-state index in [-0.39, 0.29) is 79.0 Å². The zero-order valence-corrected chi connectivity index (χ0v) is 10.2. The topological polar surface area (TPSA) is 77.8 Å². The largest absolute Gasteiger partial charge is 1.00 e. The van der Waals surface area contributed by atoms with Crippen molar-refractivity contribution in [2.75, 3.05) is 0 Å². The van der Waals surface area contributed by atoms with E-state index in [0.717, 1.165) is 0 Å². The molecule has 38 valence electrons. The van der Waals surface area contributed by atoms with E-state index in [9.17, 15) is 0 Å². The molecular formula is H4KO4PZr. The van der Waals surface area contributed by atoms with Gasteiger partial charge in [-0.2, -0.15) is 0 Å². The maximum absolute atomic E-state index is 8.88. The molecule has 0 aliphatic heterocycles. The molecule has 0 unspecified atom stereocenters. The molecule has 0 bridgehead atoms. The van der Waals surface area contributed by atoms with Crippen molar-refractivity contribution in [1.29, 1.82) is 0 Å². The van der Waals surface area contributed by atoms with Gasteiger partial charge in [-0.1, -0.05) is 0 Å². The Morgan fingerprint density at radius 2 is 1.29 bits per heavy atom. The Hall–Kier alpha value is 2.63. The molecule has 3 N–H and O–H groups in total. The van der Waals surface area contributed by atoms with E-state index >= 15 is 0 Å². The number of hydrogen-bond donors (Lipinski definition) is 3. The molecular weight excluding hydrogens is 225 g/mol. The molecule has 0 aromatic carbocycles. The van der Waals surface area contributed by atoms with Crippen LogP contribution >= 0.6 is 7.82 Å². The Morgan fingerprint density at radius 3 is 1.29 bits per heavy atom. The summed E-state index contributed by atoms with van der Waals surface area (Å²) in [5, 5.41) is 0. The maximum Gasteiger partial charge on any atom is 1.00 e. The SMILES string of the molecule is O=P(O)(O)O.[H-].[K+].[Zr]. The van der Waals surface area contributed by atoms with Gasteiger partial charge in [-0.3, -0.25) is 0 Å². The van der Waals surface area contributed by atoms with Crippen LogP contribution in [-0.2, 0) is 30.8 Å². The average molecular weight is 229 g/mol. The Morgan fingerprint density at radius 1 is 1.29 bits per heavy atom. The van der Waals surface area contributed by atoms with Crippen LogP contribution in [0.3, 0.4) is 0 Å². The van der Waals surface area contributed by atoms with Gasteiger partial charge in [0.15, 0.2) is 0 Å². The second kappa shape index (κ2) is 6.75. The van der Waals surface area contributed by atoms with Crippen LogP contribution in [-0.4, -0.2) is 14.7 Å². The summed E-state index contributed by atoms with van der Waals surface area (Å²) in [4.78, 5) is 21.6. The van der Waals surface area contributed by atoms with Gasteiger partial charge in [0, 0.05) is 26.2 Å². The Kier molecular flexibility index (Phi) is 15.7. The van der Waals surface area contributed by atoms with E-state index in [1.165, 1.54) is 0 Å². The fraction of sp³-hybridized carbons (Fsp3) is 0. The van der Waals surface area contributed by atoms with Crippen LogP contribution in [0.1, 0.15) is 1.43 Å². The Bertz CT molecular complexity index is 62.2. The molecule has 4 nitrogen and oxygen atoms in total. The zero-order valence-electron chi connectivity index (χ0n) is 4.70. The normalized spacial score (nSPS) is 8.43. The van der Waals surface area contributed by atoms with E-state index in [0.29, 0.717) is 0 Å². The van der Waals surface area contributed by atoms with Crippen LogP contribution in [0.15, 0.2) is 0 Å². The first-order valence-electron chi connectivity index (χ1n) is 0.783. The van der Waals surface area contributed by atoms with Crippen LogP contribution in [0.4, 0.5) is 0 Å². The predicted octanol–water partition coefficient (Wildman–Crippen LogP) is -3.81. The van der Waals surface area contributed by atoms with E-state index in [4.69, 9.17) is 19.2 Å². The van der Waals surface area contributed by atoms with Gasteiger partial charge in [0.25, 0.3) is 0 Å². The average Bonchev–Trinajstić information content (AvgIpc) is 0.722. The van der Waals surface area contributed by atoms with Crippen molar-refractivity contribution in [2.45, 2.75) is 0 Å². The molecule has 0 aliphatic rings. The van der Waals surface area contributed by atoms with Gasteiger partial charge in [-0.15, -0.1) is 0 Å². The number of rotatable bonds is 0. The van der Waals surface area contributed by atoms with Gasteiger partial charge in [0.1, 0.15) is 0 Å². The van der Waals surface area contributed by atoms with Crippen molar-refractivity contribution in [1.82, 2.24) is 0 Å². The van der Waals surface area contributed by atoms with Crippen molar-refractivity contribution >= 4 is 7.82 Å². The fourth-order valence-electron chi connectivity index (χ4n) is 0. The van der Waals surface area contributed by atoms with Gasteiger partial charge in [0.05, 0.1) is 0 Å². The minimum Gasteiger partial charge on any atom is -1.00 e. The summed E-state index contributed by atoms with van der Waals surface area (Å²) in [5.41, 5.74) is 0. The second-order valence-corrected chi connectivity index (χ2v) is 1.54. The van der Waals surface area contributed by atoms with Crippen LogP contribution in [0.25, 0.3) is 0 Å². The van der Waals surface area contributed by atoms with E-state index in [1.807, 2.05) is 0 Å². The van der Waals surface area contributed by atoms with Crippen molar-refractivity contribution < 1.29 is 98.3 Å². The minimum absolute atomic E-state index is 0. The molecule has 0 aromatic rings. The monoisotopic (exact) mass is 228 g/mol. The first-order chi connectivity index (χ1) is 2.00. The van der Waals surface area contributed by atoms with Crippen molar-refractivity contribution in [2.24, 2.45) is 0 Å². The molecule has 0 radical (unpaired) electrons. The smallest absolute Gasteiger partial charge is 1.00 e. The molecule has 7 heavy (non-hydrogen) atoms. The molecule has 0 fully saturated rings. The number of hydrogen-bond acceptors (Lipinski definition) is 1. The first-order valence-corrected chi connectivity index (χ1v) is 2.35. The molecule has 0 heterocycles. The van der Waals surface area contributed by atoms with Gasteiger partial charge in [0.2, 0.25) is 0 Å². The molecule has 0 rings (SSSR count). The van der Waals surface area contributed by atoms with Crippen LogP contribution in [0.2, 0.25) is 0 Å². The molecule has 0 amide bonds. The minimum atomic E-state index is -4.64. The summed E-state index contributed by atoms with van der Waals surface area (Å²) in [6, 6.07) is 0. The van der Waals surface area contributed by atoms with E-state index in [2.05, 4.69) is 0 Å². The third-order valence-electron chi connectivity index (χ3n) is 0.